The number of aromatic nitrogens is 4. The maximum Gasteiger partial charge on any atom is 0.258 e. The summed E-state index contributed by atoms with van der Waals surface area (Å²) in [5.41, 5.74) is 3.09. The van der Waals surface area contributed by atoms with Gasteiger partial charge in [0, 0.05) is 17.8 Å². The summed E-state index contributed by atoms with van der Waals surface area (Å²) in [7, 11) is 1.57. The summed E-state index contributed by atoms with van der Waals surface area (Å²) >= 11 is 0. The zero-order valence-corrected chi connectivity index (χ0v) is 14.4. The minimum absolute atomic E-state index is 0.0891. The highest BCUT2D eigenvalue weighted by atomic mass is 16.5. The molecule has 1 heterocycles. The van der Waals surface area contributed by atoms with Gasteiger partial charge < -0.3 is 9.64 Å². The first-order valence-electron chi connectivity index (χ1n) is 7.94. The Hall–Kier alpha value is -3.22. The van der Waals surface area contributed by atoms with Crippen molar-refractivity contribution in [2.24, 2.45) is 0 Å². The third-order valence-corrected chi connectivity index (χ3v) is 3.99. The van der Waals surface area contributed by atoms with E-state index in [1.165, 1.54) is 11.0 Å². The third kappa shape index (κ3) is 3.21. The van der Waals surface area contributed by atoms with Crippen LogP contribution in [0.1, 0.15) is 22.8 Å². The molecular formula is C18H19N5O2. The van der Waals surface area contributed by atoms with E-state index in [1.807, 2.05) is 38.1 Å². The Bertz CT molecular complexity index is 877. The van der Waals surface area contributed by atoms with Crippen molar-refractivity contribution in [3.05, 3.63) is 59.9 Å². The van der Waals surface area contributed by atoms with Crippen LogP contribution >= 0.6 is 0 Å². The Labute approximate surface area is 145 Å². The standard InChI is InChI=1S/C18H19N5O2/c1-4-22(15-8-6-5-7-13(15)2)18(24)14-9-10-17(25-3)16(11-14)23-12-19-20-21-23/h5-12H,4H2,1-3H3. The van der Waals surface area contributed by atoms with Crippen LogP contribution in [0.4, 0.5) is 5.69 Å². The normalized spacial score (nSPS) is 10.5. The van der Waals surface area contributed by atoms with Crippen molar-refractivity contribution in [1.82, 2.24) is 20.2 Å². The molecule has 0 saturated heterocycles. The Balaban J connectivity index is 2.02. The van der Waals surface area contributed by atoms with Gasteiger partial charge >= 0.3 is 0 Å². The summed E-state index contributed by atoms with van der Waals surface area (Å²) in [5, 5.41) is 11.2. The number of nitrogens with zero attached hydrogens (tertiary/aromatic N) is 5. The topological polar surface area (TPSA) is 73.1 Å². The highest BCUT2D eigenvalue weighted by molar-refractivity contribution is 6.06. The highest BCUT2D eigenvalue weighted by Gasteiger charge is 2.19. The largest absolute Gasteiger partial charge is 0.494 e. The number of amides is 1. The molecule has 0 unspecified atom stereocenters. The maximum absolute atomic E-state index is 13.1. The lowest BCUT2D eigenvalue weighted by atomic mass is 10.1. The van der Waals surface area contributed by atoms with Crippen LogP contribution in [0, 0.1) is 6.92 Å². The second-order valence-electron chi connectivity index (χ2n) is 5.48. The van der Waals surface area contributed by atoms with Crippen molar-refractivity contribution in [3.8, 4) is 11.4 Å². The zero-order valence-electron chi connectivity index (χ0n) is 14.4. The molecule has 0 spiro atoms. The smallest absolute Gasteiger partial charge is 0.258 e. The fourth-order valence-corrected chi connectivity index (χ4v) is 2.72. The SMILES string of the molecule is CCN(C(=O)c1ccc(OC)c(-n2cnnn2)c1)c1ccccc1C. The molecule has 7 nitrogen and oxygen atoms in total. The molecule has 0 fully saturated rings. The van der Waals surface area contributed by atoms with Gasteiger partial charge in [0.2, 0.25) is 0 Å². The number of para-hydroxylation sites is 1. The monoisotopic (exact) mass is 337 g/mol. The van der Waals surface area contributed by atoms with Gasteiger partial charge in [-0.25, -0.2) is 0 Å². The highest BCUT2D eigenvalue weighted by Crippen LogP contribution is 2.26. The number of rotatable bonds is 5. The molecule has 0 bridgehead atoms. The molecule has 1 amide bonds. The molecular weight excluding hydrogens is 318 g/mol. The van der Waals surface area contributed by atoms with Crippen molar-refractivity contribution in [2.75, 3.05) is 18.6 Å². The van der Waals surface area contributed by atoms with Crippen LogP contribution in [0.2, 0.25) is 0 Å². The Morgan fingerprint density at radius 1 is 1.24 bits per heavy atom. The van der Waals surface area contributed by atoms with Gasteiger partial charge in [-0.3, -0.25) is 4.79 Å². The molecule has 0 aliphatic rings. The third-order valence-electron chi connectivity index (χ3n) is 3.99. The molecule has 0 N–H and O–H groups in total. The molecule has 0 aliphatic heterocycles. The van der Waals surface area contributed by atoms with E-state index in [-0.39, 0.29) is 5.91 Å². The summed E-state index contributed by atoms with van der Waals surface area (Å²) < 4.78 is 6.83. The van der Waals surface area contributed by atoms with Crippen LogP contribution in [0.5, 0.6) is 5.75 Å². The van der Waals surface area contributed by atoms with E-state index in [4.69, 9.17) is 4.74 Å². The summed E-state index contributed by atoms with van der Waals surface area (Å²) in [5.74, 6) is 0.497. The minimum Gasteiger partial charge on any atom is -0.494 e. The van der Waals surface area contributed by atoms with Gasteiger partial charge in [-0.15, -0.1) is 5.10 Å². The van der Waals surface area contributed by atoms with E-state index >= 15 is 0 Å². The van der Waals surface area contributed by atoms with Gasteiger partial charge in [0.1, 0.15) is 17.8 Å². The van der Waals surface area contributed by atoms with Crippen molar-refractivity contribution in [2.45, 2.75) is 13.8 Å². The summed E-state index contributed by atoms with van der Waals surface area (Å²) in [6, 6.07) is 13.1. The summed E-state index contributed by atoms with van der Waals surface area (Å²) in [6.07, 6.45) is 1.46. The second-order valence-corrected chi connectivity index (χ2v) is 5.48. The van der Waals surface area contributed by atoms with E-state index in [1.54, 1.807) is 30.2 Å². The zero-order chi connectivity index (χ0) is 17.8. The van der Waals surface area contributed by atoms with Gasteiger partial charge in [0.25, 0.3) is 5.91 Å². The van der Waals surface area contributed by atoms with Crippen molar-refractivity contribution >= 4 is 11.6 Å². The Morgan fingerprint density at radius 3 is 2.68 bits per heavy atom. The first-order valence-corrected chi connectivity index (χ1v) is 7.94. The lowest BCUT2D eigenvalue weighted by Gasteiger charge is -2.23. The predicted octanol–water partition coefficient (Wildman–Crippen LogP) is 2.65. The van der Waals surface area contributed by atoms with Crippen LogP contribution in [0.15, 0.2) is 48.8 Å². The van der Waals surface area contributed by atoms with E-state index in [9.17, 15) is 4.79 Å². The second kappa shape index (κ2) is 7.12. The number of tetrazole rings is 1. The molecule has 3 aromatic rings. The van der Waals surface area contributed by atoms with Crippen molar-refractivity contribution < 1.29 is 9.53 Å². The fraction of sp³-hybridized carbons (Fsp3) is 0.222. The minimum atomic E-state index is -0.0891. The quantitative estimate of drug-likeness (QED) is 0.715. The lowest BCUT2D eigenvalue weighted by Crippen LogP contribution is -2.31. The molecule has 0 saturated carbocycles. The van der Waals surface area contributed by atoms with E-state index in [2.05, 4.69) is 15.5 Å². The summed E-state index contributed by atoms with van der Waals surface area (Å²) in [4.78, 5) is 14.8. The number of anilines is 1. The molecule has 128 valence electrons. The van der Waals surface area contributed by atoms with E-state index in [0.717, 1.165) is 11.3 Å². The Kier molecular flexibility index (Phi) is 4.74. The van der Waals surface area contributed by atoms with Crippen molar-refractivity contribution in [3.63, 3.8) is 0 Å². The molecule has 0 radical (unpaired) electrons. The molecule has 1 aromatic heterocycles. The number of aryl methyl sites for hydroxylation is 1. The number of hydrogen-bond donors (Lipinski definition) is 0. The van der Waals surface area contributed by atoms with Crippen LogP contribution in [0.25, 0.3) is 5.69 Å². The molecule has 3 rings (SSSR count). The van der Waals surface area contributed by atoms with Gasteiger partial charge in [-0.05, 0) is 54.1 Å². The van der Waals surface area contributed by atoms with Crippen LogP contribution in [-0.4, -0.2) is 39.8 Å². The average molecular weight is 337 g/mol. The lowest BCUT2D eigenvalue weighted by molar-refractivity contribution is 0.0988. The van der Waals surface area contributed by atoms with E-state index in [0.29, 0.717) is 23.5 Å². The number of hydrogen-bond acceptors (Lipinski definition) is 5. The maximum atomic E-state index is 13.1. The summed E-state index contributed by atoms with van der Waals surface area (Å²) in [6.45, 7) is 4.51. The number of methoxy groups -OCH3 is 1. The number of carbonyl (C=O) groups is 1. The van der Waals surface area contributed by atoms with Gasteiger partial charge in [-0.1, -0.05) is 18.2 Å². The van der Waals surface area contributed by atoms with Gasteiger partial charge in [-0.2, -0.15) is 4.68 Å². The molecule has 0 atom stereocenters. The van der Waals surface area contributed by atoms with Gasteiger partial charge in [0.15, 0.2) is 0 Å². The van der Waals surface area contributed by atoms with Gasteiger partial charge in [0.05, 0.1) is 7.11 Å². The fourth-order valence-electron chi connectivity index (χ4n) is 2.72. The van der Waals surface area contributed by atoms with Crippen LogP contribution in [0.3, 0.4) is 0 Å². The molecule has 7 heteroatoms. The number of carbonyl (C=O) groups excluding carboxylic acids is 1. The molecule has 2 aromatic carbocycles. The Morgan fingerprint density at radius 2 is 2.04 bits per heavy atom. The number of benzene rings is 2. The van der Waals surface area contributed by atoms with Crippen LogP contribution in [-0.2, 0) is 0 Å². The van der Waals surface area contributed by atoms with E-state index < -0.39 is 0 Å². The first-order chi connectivity index (χ1) is 12.2. The molecule has 25 heavy (non-hydrogen) atoms. The molecule has 0 aliphatic carbocycles. The van der Waals surface area contributed by atoms with Crippen molar-refractivity contribution in [1.29, 1.82) is 0 Å². The average Bonchev–Trinajstić information content (AvgIpc) is 3.17. The first kappa shape index (κ1) is 16.6. The number of ether oxygens (including phenoxy) is 1. The van der Waals surface area contributed by atoms with Crippen LogP contribution < -0.4 is 9.64 Å². The predicted molar refractivity (Wildman–Crippen MR) is 94.2 cm³/mol.